The van der Waals surface area contributed by atoms with Crippen molar-refractivity contribution in [2.45, 2.75) is 0 Å². The molecule has 96 valence electrons. The molecule has 0 saturated heterocycles. The number of aromatic nitrogens is 2. The summed E-state index contributed by atoms with van der Waals surface area (Å²) in [6, 6.07) is 12.2. The van der Waals surface area contributed by atoms with Gasteiger partial charge in [-0.2, -0.15) is 0 Å². The molecule has 4 nitrogen and oxygen atoms in total. The molecule has 0 aliphatic carbocycles. The third kappa shape index (κ3) is 1.62. The molecule has 0 saturated carbocycles. The van der Waals surface area contributed by atoms with E-state index in [1.165, 1.54) is 12.8 Å². The van der Waals surface area contributed by atoms with Crippen LogP contribution in [0.4, 0.5) is 0 Å². The number of oxazole rings is 2. The molecule has 0 amide bonds. The predicted octanol–water partition coefficient (Wildman–Crippen LogP) is 4.15. The van der Waals surface area contributed by atoms with E-state index in [9.17, 15) is 0 Å². The van der Waals surface area contributed by atoms with Gasteiger partial charge in [-0.25, -0.2) is 9.97 Å². The quantitative estimate of drug-likeness (QED) is 0.544. The topological polar surface area (TPSA) is 52.1 Å². The first-order valence-corrected chi connectivity index (χ1v) is 6.23. The minimum absolute atomic E-state index is 0.738. The molecular formula is C16H10N2O2. The zero-order valence-corrected chi connectivity index (χ0v) is 10.5. The minimum Gasteiger partial charge on any atom is -0.443 e. The van der Waals surface area contributed by atoms with Crippen LogP contribution >= 0.6 is 0 Å². The molecule has 4 rings (SSSR count). The van der Waals surface area contributed by atoms with Gasteiger partial charge in [0.05, 0.1) is 12.4 Å². The maximum Gasteiger partial charge on any atom is 0.181 e. The van der Waals surface area contributed by atoms with E-state index in [1.807, 2.05) is 24.3 Å². The standard InChI is InChI=1S/C16H10N2O2/c1-3-11-4-2-6-13(15-8-18-10-20-15)16(11)12(5-1)14-7-17-9-19-14/h1-10H. The van der Waals surface area contributed by atoms with Crippen molar-refractivity contribution in [3.63, 3.8) is 0 Å². The van der Waals surface area contributed by atoms with Crippen LogP contribution in [0.5, 0.6) is 0 Å². The van der Waals surface area contributed by atoms with Gasteiger partial charge in [0.15, 0.2) is 24.3 Å². The number of rotatable bonds is 2. The summed E-state index contributed by atoms with van der Waals surface area (Å²) in [5.74, 6) is 1.48. The minimum atomic E-state index is 0.738. The molecule has 2 aromatic heterocycles. The van der Waals surface area contributed by atoms with Crippen molar-refractivity contribution in [2.75, 3.05) is 0 Å². The Balaban J connectivity index is 2.11. The van der Waals surface area contributed by atoms with Gasteiger partial charge in [0.2, 0.25) is 0 Å². The first-order chi connectivity index (χ1) is 9.93. The maximum absolute atomic E-state index is 5.44. The van der Waals surface area contributed by atoms with Crippen molar-refractivity contribution < 1.29 is 8.83 Å². The third-order valence-electron chi connectivity index (χ3n) is 3.30. The van der Waals surface area contributed by atoms with Crippen molar-refractivity contribution in [1.29, 1.82) is 0 Å². The van der Waals surface area contributed by atoms with Gasteiger partial charge in [-0.1, -0.05) is 36.4 Å². The van der Waals surface area contributed by atoms with Gasteiger partial charge in [-0.15, -0.1) is 0 Å². The van der Waals surface area contributed by atoms with E-state index in [2.05, 4.69) is 22.1 Å². The summed E-state index contributed by atoms with van der Waals surface area (Å²) in [7, 11) is 0. The van der Waals surface area contributed by atoms with E-state index in [0.717, 1.165) is 33.4 Å². The van der Waals surface area contributed by atoms with Crippen LogP contribution < -0.4 is 0 Å². The van der Waals surface area contributed by atoms with Crippen molar-refractivity contribution in [3.8, 4) is 22.6 Å². The molecule has 4 heteroatoms. The highest BCUT2D eigenvalue weighted by molar-refractivity contribution is 6.04. The molecule has 2 heterocycles. The van der Waals surface area contributed by atoms with E-state index in [-0.39, 0.29) is 0 Å². The molecule has 0 N–H and O–H groups in total. The van der Waals surface area contributed by atoms with E-state index >= 15 is 0 Å². The van der Waals surface area contributed by atoms with Crippen LogP contribution in [0.3, 0.4) is 0 Å². The Kier molecular flexibility index (Phi) is 2.39. The second-order valence-electron chi connectivity index (χ2n) is 4.44. The highest BCUT2D eigenvalue weighted by atomic mass is 16.3. The van der Waals surface area contributed by atoms with Crippen molar-refractivity contribution in [2.24, 2.45) is 0 Å². The molecule has 0 aliphatic heterocycles. The first kappa shape index (κ1) is 11.0. The maximum atomic E-state index is 5.44. The van der Waals surface area contributed by atoms with Gasteiger partial charge in [-0.3, -0.25) is 0 Å². The Labute approximate surface area is 114 Å². The van der Waals surface area contributed by atoms with Crippen LogP contribution in [0.25, 0.3) is 33.4 Å². The Morgan fingerprint density at radius 2 is 1.25 bits per heavy atom. The fourth-order valence-electron chi connectivity index (χ4n) is 2.45. The van der Waals surface area contributed by atoms with Crippen LogP contribution in [-0.2, 0) is 0 Å². The summed E-state index contributed by atoms with van der Waals surface area (Å²) in [4.78, 5) is 7.99. The molecule has 0 fully saturated rings. The highest BCUT2D eigenvalue weighted by Gasteiger charge is 2.13. The van der Waals surface area contributed by atoms with Gasteiger partial charge >= 0.3 is 0 Å². The molecule has 0 aliphatic rings. The van der Waals surface area contributed by atoms with E-state index < -0.39 is 0 Å². The first-order valence-electron chi connectivity index (χ1n) is 6.23. The van der Waals surface area contributed by atoms with Gasteiger partial charge in [0, 0.05) is 16.5 Å². The predicted molar refractivity (Wildman–Crippen MR) is 74.9 cm³/mol. The Hall–Kier alpha value is -2.88. The summed E-state index contributed by atoms with van der Waals surface area (Å²) >= 11 is 0. The van der Waals surface area contributed by atoms with Crippen LogP contribution in [0.1, 0.15) is 0 Å². The second kappa shape index (κ2) is 4.35. The van der Waals surface area contributed by atoms with Gasteiger partial charge < -0.3 is 8.83 Å². The molecule has 0 spiro atoms. The molecule has 20 heavy (non-hydrogen) atoms. The third-order valence-corrected chi connectivity index (χ3v) is 3.30. The van der Waals surface area contributed by atoms with E-state index in [0.29, 0.717) is 0 Å². The largest absolute Gasteiger partial charge is 0.443 e. The smallest absolute Gasteiger partial charge is 0.181 e. The van der Waals surface area contributed by atoms with Crippen molar-refractivity contribution in [1.82, 2.24) is 9.97 Å². The second-order valence-corrected chi connectivity index (χ2v) is 4.44. The number of hydrogen-bond donors (Lipinski definition) is 0. The van der Waals surface area contributed by atoms with Crippen LogP contribution in [-0.4, -0.2) is 9.97 Å². The molecule has 4 aromatic rings. The number of hydrogen-bond acceptors (Lipinski definition) is 4. The van der Waals surface area contributed by atoms with Crippen LogP contribution in [0, 0.1) is 0 Å². The van der Waals surface area contributed by atoms with Gasteiger partial charge in [-0.05, 0) is 5.39 Å². The lowest BCUT2D eigenvalue weighted by Gasteiger charge is -2.08. The molecule has 0 radical (unpaired) electrons. The zero-order valence-electron chi connectivity index (χ0n) is 10.5. The summed E-state index contributed by atoms with van der Waals surface area (Å²) in [6.07, 6.45) is 6.30. The Morgan fingerprint density at radius 3 is 1.70 bits per heavy atom. The fraction of sp³-hybridized carbons (Fsp3) is 0. The molecule has 0 unspecified atom stereocenters. The average Bonchev–Trinajstić information content (AvgIpc) is 3.19. The van der Waals surface area contributed by atoms with E-state index in [4.69, 9.17) is 8.83 Å². The highest BCUT2D eigenvalue weighted by Crippen LogP contribution is 2.35. The zero-order chi connectivity index (χ0) is 13.4. The molecule has 2 aromatic carbocycles. The van der Waals surface area contributed by atoms with Crippen molar-refractivity contribution >= 4 is 10.8 Å². The van der Waals surface area contributed by atoms with E-state index in [1.54, 1.807) is 12.4 Å². The molecule has 0 atom stereocenters. The number of benzene rings is 2. The van der Waals surface area contributed by atoms with Gasteiger partial charge in [0.25, 0.3) is 0 Å². The van der Waals surface area contributed by atoms with Gasteiger partial charge in [0.1, 0.15) is 0 Å². The van der Waals surface area contributed by atoms with Crippen LogP contribution in [0.2, 0.25) is 0 Å². The summed E-state index contributed by atoms with van der Waals surface area (Å²) in [5, 5.41) is 2.19. The normalized spacial score (nSPS) is 11.0. The molecular weight excluding hydrogens is 252 g/mol. The van der Waals surface area contributed by atoms with Crippen LogP contribution in [0.15, 0.2) is 70.4 Å². The number of fused-ring (bicyclic) bond motifs is 1. The monoisotopic (exact) mass is 262 g/mol. The van der Waals surface area contributed by atoms with Crippen molar-refractivity contribution in [3.05, 3.63) is 61.6 Å². The summed E-state index contributed by atoms with van der Waals surface area (Å²) in [6.45, 7) is 0. The lowest BCUT2D eigenvalue weighted by atomic mass is 9.97. The summed E-state index contributed by atoms with van der Waals surface area (Å²) in [5.41, 5.74) is 1.99. The lowest BCUT2D eigenvalue weighted by Crippen LogP contribution is -1.84. The number of nitrogens with zero attached hydrogens (tertiary/aromatic N) is 2. The SMILES string of the molecule is c1cc(-c2cnco2)c2c(-c3cnco3)cccc2c1. The molecule has 0 bridgehead atoms. The average molecular weight is 262 g/mol. The Bertz CT molecular complexity index is 780. The Morgan fingerprint density at radius 1 is 0.700 bits per heavy atom. The fourth-order valence-corrected chi connectivity index (χ4v) is 2.45. The lowest BCUT2D eigenvalue weighted by molar-refractivity contribution is 0.571. The summed E-state index contributed by atoms with van der Waals surface area (Å²) < 4.78 is 10.9.